The highest BCUT2D eigenvalue weighted by Gasteiger charge is 2.18. The van der Waals surface area contributed by atoms with Crippen molar-refractivity contribution in [2.24, 2.45) is 5.41 Å². The Balaban J connectivity index is 2.06. The molecule has 2 rings (SSSR count). The quantitative estimate of drug-likeness (QED) is 0.786. The molecule has 0 unspecified atom stereocenters. The van der Waals surface area contributed by atoms with E-state index < -0.39 is 0 Å². The van der Waals surface area contributed by atoms with Crippen LogP contribution in [0.3, 0.4) is 0 Å². The number of rotatable bonds is 5. The van der Waals surface area contributed by atoms with Crippen molar-refractivity contribution in [2.75, 3.05) is 5.32 Å². The Labute approximate surface area is 154 Å². The fourth-order valence-electron chi connectivity index (χ4n) is 2.46. The summed E-state index contributed by atoms with van der Waals surface area (Å²) in [5.41, 5.74) is 3.40. The van der Waals surface area contributed by atoms with Gasteiger partial charge in [0, 0.05) is 17.5 Å². The molecule has 0 saturated heterocycles. The molecule has 0 spiro atoms. The lowest BCUT2D eigenvalue weighted by Crippen LogP contribution is -2.21. The maximum absolute atomic E-state index is 12.2. The largest absolute Gasteiger partial charge is 0.473 e. The maximum atomic E-state index is 12.2. The number of pyridine rings is 1. The second-order valence-corrected chi connectivity index (χ2v) is 7.87. The summed E-state index contributed by atoms with van der Waals surface area (Å²) >= 11 is 5.88. The average Bonchev–Trinajstić information content (AvgIpc) is 2.48. The van der Waals surface area contributed by atoms with Crippen LogP contribution in [0.15, 0.2) is 30.3 Å². The number of hydrogen-bond acceptors (Lipinski definition) is 3. The van der Waals surface area contributed by atoms with E-state index in [0.717, 1.165) is 22.5 Å². The van der Waals surface area contributed by atoms with Crippen LogP contribution in [0.5, 0.6) is 5.88 Å². The van der Waals surface area contributed by atoms with Gasteiger partial charge in [0.2, 0.25) is 11.8 Å². The van der Waals surface area contributed by atoms with E-state index in [1.54, 1.807) is 0 Å². The second kappa shape index (κ2) is 7.87. The molecule has 0 aliphatic carbocycles. The molecule has 0 fully saturated rings. The Morgan fingerprint density at radius 1 is 1.20 bits per heavy atom. The number of ether oxygens (including phenoxy) is 1. The van der Waals surface area contributed by atoms with Crippen LogP contribution in [-0.2, 0) is 11.4 Å². The van der Waals surface area contributed by atoms with Gasteiger partial charge in [-0.15, -0.1) is 0 Å². The number of amides is 1. The molecule has 2 aromatic rings. The number of benzene rings is 1. The smallest absolute Gasteiger partial charge is 0.224 e. The van der Waals surface area contributed by atoms with Crippen molar-refractivity contribution < 1.29 is 9.53 Å². The number of anilines is 1. The predicted molar refractivity (Wildman–Crippen MR) is 102 cm³/mol. The Kier molecular flexibility index (Phi) is 6.07. The summed E-state index contributed by atoms with van der Waals surface area (Å²) < 4.78 is 5.77. The third kappa shape index (κ3) is 6.05. The van der Waals surface area contributed by atoms with Crippen LogP contribution in [-0.4, -0.2) is 10.9 Å². The lowest BCUT2D eigenvalue weighted by molar-refractivity contribution is -0.117. The van der Waals surface area contributed by atoms with E-state index in [-0.39, 0.29) is 11.3 Å². The number of nitrogens with one attached hydrogen (secondary N) is 1. The SMILES string of the molecule is Cc1cc(OCc2ccc(Cl)cc2)nc(C)c1NC(=O)CC(C)(C)C. The minimum Gasteiger partial charge on any atom is -0.473 e. The molecule has 25 heavy (non-hydrogen) atoms. The number of carbonyl (C=O) groups excluding carboxylic acids is 1. The summed E-state index contributed by atoms with van der Waals surface area (Å²) in [6.07, 6.45) is 0.459. The Morgan fingerprint density at radius 3 is 2.40 bits per heavy atom. The number of aromatic nitrogens is 1. The maximum Gasteiger partial charge on any atom is 0.224 e. The van der Waals surface area contributed by atoms with Gasteiger partial charge in [0.05, 0.1) is 11.4 Å². The van der Waals surface area contributed by atoms with Gasteiger partial charge in [-0.2, -0.15) is 0 Å². The van der Waals surface area contributed by atoms with Crippen LogP contribution in [0.25, 0.3) is 0 Å². The normalized spacial score (nSPS) is 11.3. The minimum atomic E-state index is -0.0546. The van der Waals surface area contributed by atoms with Gasteiger partial charge in [-0.05, 0) is 42.5 Å². The Morgan fingerprint density at radius 2 is 1.84 bits per heavy atom. The van der Waals surface area contributed by atoms with Gasteiger partial charge in [-0.1, -0.05) is 44.5 Å². The molecule has 1 heterocycles. The molecule has 0 atom stereocenters. The Hall–Kier alpha value is -2.07. The number of carbonyl (C=O) groups is 1. The van der Waals surface area contributed by atoms with E-state index in [1.165, 1.54) is 0 Å². The fourth-order valence-corrected chi connectivity index (χ4v) is 2.59. The van der Waals surface area contributed by atoms with Crippen molar-refractivity contribution in [2.45, 2.75) is 47.6 Å². The summed E-state index contributed by atoms with van der Waals surface area (Å²) in [5, 5.41) is 3.67. The van der Waals surface area contributed by atoms with E-state index in [2.05, 4.69) is 10.3 Å². The molecule has 0 radical (unpaired) electrons. The van der Waals surface area contributed by atoms with E-state index in [1.807, 2.05) is 65.0 Å². The number of halogens is 1. The first-order valence-corrected chi connectivity index (χ1v) is 8.67. The van der Waals surface area contributed by atoms with Crippen molar-refractivity contribution in [3.8, 4) is 5.88 Å². The van der Waals surface area contributed by atoms with Gasteiger partial charge in [0.1, 0.15) is 6.61 Å². The molecular formula is C20H25ClN2O2. The summed E-state index contributed by atoms with van der Waals surface area (Å²) in [4.78, 5) is 16.6. The molecule has 134 valence electrons. The topological polar surface area (TPSA) is 51.2 Å². The standard InChI is InChI=1S/C20H25ClN2O2/c1-13-10-18(25-12-15-6-8-16(21)9-7-15)22-14(2)19(13)23-17(24)11-20(3,4)5/h6-10H,11-12H2,1-5H3,(H,23,24). The molecule has 0 aliphatic rings. The molecule has 1 aromatic heterocycles. The van der Waals surface area contributed by atoms with Crippen molar-refractivity contribution in [1.29, 1.82) is 0 Å². The van der Waals surface area contributed by atoms with Crippen LogP contribution in [0, 0.1) is 19.3 Å². The van der Waals surface area contributed by atoms with Gasteiger partial charge < -0.3 is 10.1 Å². The molecule has 0 aliphatic heterocycles. The monoisotopic (exact) mass is 360 g/mol. The first-order chi connectivity index (χ1) is 11.6. The summed E-state index contributed by atoms with van der Waals surface area (Å²) in [7, 11) is 0. The van der Waals surface area contributed by atoms with Crippen LogP contribution < -0.4 is 10.1 Å². The van der Waals surface area contributed by atoms with Crippen molar-refractivity contribution in [3.63, 3.8) is 0 Å². The zero-order valence-electron chi connectivity index (χ0n) is 15.4. The lowest BCUT2D eigenvalue weighted by Gasteiger charge is -2.19. The molecule has 1 amide bonds. The predicted octanol–water partition coefficient (Wildman–Crippen LogP) is 5.31. The van der Waals surface area contributed by atoms with Crippen molar-refractivity contribution in [3.05, 3.63) is 52.2 Å². The molecular weight excluding hydrogens is 336 g/mol. The molecule has 1 N–H and O–H groups in total. The minimum absolute atomic E-state index is 0.00432. The summed E-state index contributed by atoms with van der Waals surface area (Å²) in [6.45, 7) is 10.3. The zero-order chi connectivity index (χ0) is 18.6. The first-order valence-electron chi connectivity index (χ1n) is 8.29. The number of aryl methyl sites for hydroxylation is 2. The van der Waals surface area contributed by atoms with E-state index in [4.69, 9.17) is 16.3 Å². The van der Waals surface area contributed by atoms with Crippen LogP contribution >= 0.6 is 11.6 Å². The number of hydrogen-bond donors (Lipinski definition) is 1. The molecule has 1 aromatic carbocycles. The highest BCUT2D eigenvalue weighted by molar-refractivity contribution is 6.30. The fraction of sp³-hybridized carbons (Fsp3) is 0.400. The Bertz CT molecular complexity index is 726. The van der Waals surface area contributed by atoms with Crippen molar-refractivity contribution >= 4 is 23.2 Å². The van der Waals surface area contributed by atoms with E-state index >= 15 is 0 Å². The van der Waals surface area contributed by atoms with E-state index in [9.17, 15) is 4.79 Å². The van der Waals surface area contributed by atoms with Crippen LogP contribution in [0.1, 0.15) is 44.0 Å². The number of nitrogens with zero attached hydrogens (tertiary/aromatic N) is 1. The van der Waals surface area contributed by atoms with Crippen molar-refractivity contribution in [1.82, 2.24) is 4.98 Å². The highest BCUT2D eigenvalue weighted by Crippen LogP contribution is 2.25. The van der Waals surface area contributed by atoms with Crippen LogP contribution in [0.2, 0.25) is 5.02 Å². The molecule has 0 saturated carbocycles. The molecule has 4 nitrogen and oxygen atoms in total. The third-order valence-corrected chi connectivity index (χ3v) is 3.88. The van der Waals surface area contributed by atoms with Gasteiger partial charge in [-0.25, -0.2) is 4.98 Å². The average molecular weight is 361 g/mol. The van der Waals surface area contributed by atoms with Gasteiger partial charge in [0.25, 0.3) is 0 Å². The van der Waals surface area contributed by atoms with Crippen LogP contribution in [0.4, 0.5) is 5.69 Å². The molecule has 5 heteroatoms. The van der Waals surface area contributed by atoms with E-state index in [0.29, 0.717) is 23.9 Å². The highest BCUT2D eigenvalue weighted by atomic mass is 35.5. The first kappa shape index (κ1) is 19.3. The van der Waals surface area contributed by atoms with Gasteiger partial charge in [-0.3, -0.25) is 4.79 Å². The summed E-state index contributed by atoms with van der Waals surface area (Å²) in [6, 6.07) is 9.35. The zero-order valence-corrected chi connectivity index (χ0v) is 16.2. The lowest BCUT2D eigenvalue weighted by atomic mass is 9.92. The third-order valence-electron chi connectivity index (χ3n) is 3.63. The summed E-state index contributed by atoms with van der Waals surface area (Å²) in [5.74, 6) is 0.536. The molecule has 0 bridgehead atoms. The second-order valence-electron chi connectivity index (χ2n) is 7.44. The van der Waals surface area contributed by atoms with Gasteiger partial charge in [0.15, 0.2) is 0 Å². The van der Waals surface area contributed by atoms with Gasteiger partial charge >= 0.3 is 0 Å².